The van der Waals surface area contributed by atoms with Crippen molar-refractivity contribution in [2.45, 2.75) is 44.8 Å². The summed E-state index contributed by atoms with van der Waals surface area (Å²) in [5.41, 5.74) is 9.11. The van der Waals surface area contributed by atoms with Crippen LogP contribution in [0, 0.1) is 5.92 Å². The van der Waals surface area contributed by atoms with E-state index in [1.165, 1.54) is 30.6 Å². The summed E-state index contributed by atoms with van der Waals surface area (Å²) < 4.78 is 11.2. The van der Waals surface area contributed by atoms with E-state index in [1.807, 2.05) is 5.38 Å². The van der Waals surface area contributed by atoms with Crippen molar-refractivity contribution >= 4 is 17.2 Å². The first kappa shape index (κ1) is 19.6. The van der Waals surface area contributed by atoms with Crippen LogP contribution in [0.5, 0.6) is 11.5 Å². The maximum atomic E-state index is 12.7. The molecule has 0 saturated heterocycles. The summed E-state index contributed by atoms with van der Waals surface area (Å²) in [6.07, 6.45) is 5.98. The molecular weight excluding hydrogens is 362 g/mol. The predicted molar refractivity (Wildman–Crippen MR) is 106 cm³/mol. The van der Waals surface area contributed by atoms with Crippen LogP contribution in [0.4, 0.5) is 0 Å². The number of methoxy groups -OCH3 is 1. The molecule has 6 nitrogen and oxygen atoms in total. The lowest BCUT2D eigenvalue weighted by Gasteiger charge is -2.30. The first-order chi connectivity index (χ1) is 13.2. The Bertz CT molecular complexity index is 730. The molecule has 7 heteroatoms. The Kier molecular flexibility index (Phi) is 7.06. The molecular formula is C20H27N3O3S. The van der Waals surface area contributed by atoms with E-state index in [-0.39, 0.29) is 11.9 Å². The topological polar surface area (TPSA) is 86.5 Å². The van der Waals surface area contributed by atoms with E-state index in [1.54, 1.807) is 30.8 Å². The van der Waals surface area contributed by atoms with Gasteiger partial charge in [-0.25, -0.2) is 4.98 Å². The third-order valence-electron chi connectivity index (χ3n) is 5.07. The van der Waals surface area contributed by atoms with Gasteiger partial charge in [0.1, 0.15) is 6.61 Å². The van der Waals surface area contributed by atoms with Gasteiger partial charge in [-0.05, 0) is 37.0 Å². The molecule has 1 heterocycles. The minimum Gasteiger partial charge on any atom is -0.493 e. The molecule has 0 radical (unpaired) electrons. The second-order valence-electron chi connectivity index (χ2n) is 6.85. The lowest BCUT2D eigenvalue weighted by Crippen LogP contribution is -2.45. The second-order valence-corrected chi connectivity index (χ2v) is 7.57. The smallest absolute Gasteiger partial charge is 0.251 e. The minimum absolute atomic E-state index is 0.0180. The average molecular weight is 390 g/mol. The van der Waals surface area contributed by atoms with Gasteiger partial charge in [-0.15, -0.1) is 11.3 Å². The number of rotatable bonds is 8. The van der Waals surface area contributed by atoms with E-state index in [0.717, 1.165) is 18.5 Å². The van der Waals surface area contributed by atoms with E-state index in [2.05, 4.69) is 10.3 Å². The van der Waals surface area contributed by atoms with Gasteiger partial charge in [0.05, 0.1) is 18.3 Å². The second kappa shape index (κ2) is 9.71. The number of ether oxygens (including phenoxy) is 2. The largest absolute Gasteiger partial charge is 0.493 e. The fourth-order valence-corrected chi connectivity index (χ4v) is 4.09. The normalized spacial score (nSPS) is 15.9. The monoisotopic (exact) mass is 389 g/mol. The van der Waals surface area contributed by atoms with Gasteiger partial charge in [0.25, 0.3) is 5.91 Å². The molecule has 1 aromatic heterocycles. The summed E-state index contributed by atoms with van der Waals surface area (Å²) in [7, 11) is 1.57. The van der Waals surface area contributed by atoms with Crippen LogP contribution in [-0.4, -0.2) is 30.6 Å². The number of carbonyl (C=O) groups is 1. The van der Waals surface area contributed by atoms with Gasteiger partial charge in [0, 0.05) is 23.5 Å². The highest BCUT2D eigenvalue weighted by atomic mass is 32.1. The van der Waals surface area contributed by atoms with Gasteiger partial charge >= 0.3 is 0 Å². The number of benzene rings is 1. The molecule has 1 amide bonds. The number of hydrogen-bond donors (Lipinski definition) is 2. The molecule has 1 aliphatic carbocycles. The zero-order valence-corrected chi connectivity index (χ0v) is 16.5. The maximum absolute atomic E-state index is 12.7. The third kappa shape index (κ3) is 5.20. The Labute approximate surface area is 164 Å². The third-order valence-corrected chi connectivity index (χ3v) is 5.71. The Morgan fingerprint density at radius 1 is 1.33 bits per heavy atom. The fraction of sp³-hybridized carbons (Fsp3) is 0.500. The number of amides is 1. The van der Waals surface area contributed by atoms with Crippen molar-refractivity contribution in [1.29, 1.82) is 0 Å². The molecule has 3 rings (SSSR count). The zero-order valence-electron chi connectivity index (χ0n) is 15.6. The average Bonchev–Trinajstić information content (AvgIpc) is 3.24. The molecule has 1 aliphatic rings. The van der Waals surface area contributed by atoms with Gasteiger partial charge in [-0.3, -0.25) is 4.79 Å². The maximum Gasteiger partial charge on any atom is 0.251 e. The van der Waals surface area contributed by atoms with Crippen molar-refractivity contribution < 1.29 is 14.3 Å². The van der Waals surface area contributed by atoms with Crippen LogP contribution in [0.2, 0.25) is 0 Å². The number of nitrogens with two attached hydrogens (primary N) is 1. The predicted octanol–water partition coefficient (Wildman–Crippen LogP) is 3.37. The summed E-state index contributed by atoms with van der Waals surface area (Å²) in [4.78, 5) is 16.9. The molecule has 0 spiro atoms. The Balaban J connectivity index is 1.65. The van der Waals surface area contributed by atoms with Crippen molar-refractivity contribution in [3.05, 3.63) is 40.3 Å². The van der Waals surface area contributed by atoms with Crippen LogP contribution >= 0.6 is 11.3 Å². The molecule has 2 aromatic rings. The lowest BCUT2D eigenvalue weighted by molar-refractivity contribution is 0.0915. The molecule has 27 heavy (non-hydrogen) atoms. The SMILES string of the molecule is COc1cc(C(=O)NC(CN)C2CCCCC2)ccc1OCc1cscn1. The number of nitrogens with one attached hydrogen (secondary N) is 1. The van der Waals surface area contributed by atoms with Crippen molar-refractivity contribution in [2.24, 2.45) is 11.7 Å². The molecule has 1 saturated carbocycles. The number of carbonyl (C=O) groups excluding carboxylic acids is 1. The quantitative estimate of drug-likeness (QED) is 0.723. The van der Waals surface area contributed by atoms with Gasteiger partial charge in [0.2, 0.25) is 0 Å². The lowest BCUT2D eigenvalue weighted by atomic mass is 9.84. The Morgan fingerprint density at radius 3 is 2.81 bits per heavy atom. The minimum atomic E-state index is -0.125. The molecule has 1 aromatic carbocycles. The molecule has 1 fully saturated rings. The van der Waals surface area contributed by atoms with Crippen molar-refractivity contribution in [3.63, 3.8) is 0 Å². The van der Waals surface area contributed by atoms with Crippen molar-refractivity contribution in [1.82, 2.24) is 10.3 Å². The van der Waals surface area contributed by atoms with Crippen LogP contribution in [0.25, 0.3) is 0 Å². The standard InChI is InChI=1S/C20H27N3O3S/c1-25-19-9-15(7-8-18(19)26-11-16-12-27-13-22-16)20(24)23-17(10-21)14-5-3-2-4-6-14/h7-9,12-14,17H,2-6,10-11,21H2,1H3,(H,23,24). The molecule has 3 N–H and O–H groups in total. The summed E-state index contributed by atoms with van der Waals surface area (Å²) in [6.45, 7) is 0.824. The van der Waals surface area contributed by atoms with Crippen LogP contribution in [-0.2, 0) is 6.61 Å². The van der Waals surface area contributed by atoms with Gasteiger partial charge in [0.15, 0.2) is 11.5 Å². The highest BCUT2D eigenvalue weighted by Crippen LogP contribution is 2.30. The van der Waals surface area contributed by atoms with E-state index >= 15 is 0 Å². The van der Waals surface area contributed by atoms with Crippen LogP contribution < -0.4 is 20.5 Å². The molecule has 1 unspecified atom stereocenters. The summed E-state index contributed by atoms with van der Waals surface area (Å²) in [5, 5.41) is 5.05. The summed E-state index contributed by atoms with van der Waals surface area (Å²) >= 11 is 1.52. The van der Waals surface area contributed by atoms with Gasteiger partial charge in [-0.1, -0.05) is 19.3 Å². The highest BCUT2D eigenvalue weighted by molar-refractivity contribution is 7.07. The van der Waals surface area contributed by atoms with E-state index in [9.17, 15) is 4.79 Å². The van der Waals surface area contributed by atoms with Crippen LogP contribution in [0.15, 0.2) is 29.1 Å². The van der Waals surface area contributed by atoms with E-state index in [0.29, 0.717) is 36.1 Å². The zero-order chi connectivity index (χ0) is 19.1. The summed E-state index contributed by atoms with van der Waals surface area (Å²) in [5.74, 6) is 1.46. The van der Waals surface area contributed by atoms with Crippen molar-refractivity contribution in [2.75, 3.05) is 13.7 Å². The molecule has 146 valence electrons. The summed E-state index contributed by atoms with van der Waals surface area (Å²) in [6, 6.07) is 5.24. The fourth-order valence-electron chi connectivity index (χ4n) is 3.55. The van der Waals surface area contributed by atoms with E-state index < -0.39 is 0 Å². The highest BCUT2D eigenvalue weighted by Gasteiger charge is 2.24. The number of nitrogens with zero attached hydrogens (tertiary/aromatic N) is 1. The first-order valence-corrected chi connectivity index (χ1v) is 10.3. The first-order valence-electron chi connectivity index (χ1n) is 9.40. The van der Waals surface area contributed by atoms with Gasteiger partial charge < -0.3 is 20.5 Å². The number of thiazole rings is 1. The van der Waals surface area contributed by atoms with Crippen molar-refractivity contribution in [3.8, 4) is 11.5 Å². The molecule has 1 atom stereocenters. The van der Waals surface area contributed by atoms with E-state index in [4.69, 9.17) is 15.2 Å². The van der Waals surface area contributed by atoms with Gasteiger partial charge in [-0.2, -0.15) is 0 Å². The van der Waals surface area contributed by atoms with Crippen LogP contribution in [0.3, 0.4) is 0 Å². The molecule has 0 bridgehead atoms. The molecule has 0 aliphatic heterocycles. The Hall–Kier alpha value is -2.12. The number of hydrogen-bond acceptors (Lipinski definition) is 6. The van der Waals surface area contributed by atoms with Crippen LogP contribution in [0.1, 0.15) is 48.2 Å². The number of aromatic nitrogens is 1. The Morgan fingerprint density at radius 2 is 2.15 bits per heavy atom.